The molecule has 1 aromatic heterocycles. The summed E-state index contributed by atoms with van der Waals surface area (Å²) < 4.78 is 13.5. The highest BCUT2D eigenvalue weighted by Crippen LogP contribution is 2.04. The minimum absolute atomic E-state index is 0.132. The van der Waals surface area contributed by atoms with Crippen molar-refractivity contribution in [2.24, 2.45) is 5.73 Å². The van der Waals surface area contributed by atoms with Crippen LogP contribution in [0.5, 0.6) is 0 Å². The Hall–Kier alpha value is -0.680. The van der Waals surface area contributed by atoms with Crippen LogP contribution in [0.1, 0.15) is 25.8 Å². The quantitative estimate of drug-likeness (QED) is 0.788. The Bertz CT molecular complexity index is 322. The summed E-state index contributed by atoms with van der Waals surface area (Å²) in [6.45, 7) is 4.82. The van der Waals surface area contributed by atoms with Crippen molar-refractivity contribution in [3.63, 3.8) is 0 Å². The smallest absolute Gasteiger partial charge is 0.0531 e. The SMILES string of the molecule is CCn1cc(CS(=O)CCC(C)N)cn1. The standard InChI is InChI=1S/C10H19N3OS/c1-3-13-7-10(6-12-13)8-15(14)5-4-9(2)11/h6-7,9H,3-5,8,11H2,1-2H3. The molecule has 2 atom stereocenters. The first-order valence-electron chi connectivity index (χ1n) is 5.23. The van der Waals surface area contributed by atoms with Crippen molar-refractivity contribution in [2.75, 3.05) is 5.75 Å². The summed E-state index contributed by atoms with van der Waals surface area (Å²) in [5.41, 5.74) is 6.65. The maximum Gasteiger partial charge on any atom is 0.0531 e. The van der Waals surface area contributed by atoms with E-state index in [4.69, 9.17) is 5.73 Å². The first kappa shape index (κ1) is 12.4. The largest absolute Gasteiger partial charge is 0.328 e. The molecule has 15 heavy (non-hydrogen) atoms. The molecule has 4 nitrogen and oxygen atoms in total. The van der Waals surface area contributed by atoms with Gasteiger partial charge in [0.25, 0.3) is 0 Å². The topological polar surface area (TPSA) is 60.9 Å². The van der Waals surface area contributed by atoms with E-state index in [0.29, 0.717) is 11.5 Å². The summed E-state index contributed by atoms with van der Waals surface area (Å²) in [6, 6.07) is 0.132. The van der Waals surface area contributed by atoms with E-state index in [1.807, 2.05) is 24.7 Å². The fraction of sp³-hybridized carbons (Fsp3) is 0.700. The van der Waals surface area contributed by atoms with E-state index >= 15 is 0 Å². The van der Waals surface area contributed by atoms with Gasteiger partial charge in [-0.25, -0.2) is 0 Å². The molecule has 0 aromatic carbocycles. The highest BCUT2D eigenvalue weighted by atomic mass is 32.2. The van der Waals surface area contributed by atoms with Crippen molar-refractivity contribution >= 4 is 10.8 Å². The molecule has 1 aromatic rings. The molecule has 0 fully saturated rings. The average Bonchev–Trinajstić information content (AvgIpc) is 2.62. The Morgan fingerprint density at radius 3 is 2.93 bits per heavy atom. The van der Waals surface area contributed by atoms with Gasteiger partial charge in [0.05, 0.1) is 11.9 Å². The molecule has 0 saturated heterocycles. The number of hydrogen-bond donors (Lipinski definition) is 1. The number of rotatable bonds is 6. The van der Waals surface area contributed by atoms with Crippen molar-refractivity contribution in [3.05, 3.63) is 18.0 Å². The molecule has 2 unspecified atom stereocenters. The highest BCUT2D eigenvalue weighted by molar-refractivity contribution is 7.84. The first-order valence-corrected chi connectivity index (χ1v) is 6.72. The predicted molar refractivity (Wildman–Crippen MR) is 62.9 cm³/mol. The van der Waals surface area contributed by atoms with Crippen LogP contribution in [-0.4, -0.2) is 25.8 Å². The molecule has 2 N–H and O–H groups in total. The van der Waals surface area contributed by atoms with E-state index in [1.165, 1.54) is 0 Å². The Morgan fingerprint density at radius 2 is 2.40 bits per heavy atom. The number of aromatic nitrogens is 2. The lowest BCUT2D eigenvalue weighted by atomic mass is 10.3. The zero-order chi connectivity index (χ0) is 11.3. The van der Waals surface area contributed by atoms with Crippen LogP contribution < -0.4 is 5.73 Å². The second kappa shape index (κ2) is 6.02. The second-order valence-corrected chi connectivity index (χ2v) is 5.34. The molecule has 0 radical (unpaired) electrons. The molecule has 0 spiro atoms. The summed E-state index contributed by atoms with van der Waals surface area (Å²) in [5.74, 6) is 1.27. The van der Waals surface area contributed by atoms with E-state index in [1.54, 1.807) is 6.20 Å². The fourth-order valence-corrected chi connectivity index (χ4v) is 2.53. The van der Waals surface area contributed by atoms with Crippen LogP contribution in [0.25, 0.3) is 0 Å². The Kier molecular flexibility index (Phi) is 4.98. The van der Waals surface area contributed by atoms with Gasteiger partial charge >= 0.3 is 0 Å². The van der Waals surface area contributed by atoms with Gasteiger partial charge in [-0.15, -0.1) is 0 Å². The summed E-state index contributed by atoms with van der Waals surface area (Å²) in [5, 5.41) is 4.14. The Balaban J connectivity index is 2.37. The lowest BCUT2D eigenvalue weighted by Crippen LogP contribution is -2.18. The summed E-state index contributed by atoms with van der Waals surface area (Å²) >= 11 is 0. The molecule has 86 valence electrons. The number of nitrogens with zero attached hydrogens (tertiary/aromatic N) is 2. The van der Waals surface area contributed by atoms with Crippen molar-refractivity contribution < 1.29 is 4.21 Å². The average molecular weight is 229 g/mol. The third-order valence-corrected chi connectivity index (χ3v) is 3.49. The molecule has 0 aliphatic heterocycles. The van der Waals surface area contributed by atoms with E-state index in [9.17, 15) is 4.21 Å². The lowest BCUT2D eigenvalue weighted by molar-refractivity contribution is 0.659. The van der Waals surface area contributed by atoms with Crippen LogP contribution in [-0.2, 0) is 23.1 Å². The zero-order valence-corrected chi connectivity index (χ0v) is 10.2. The van der Waals surface area contributed by atoms with Crippen LogP contribution in [0.4, 0.5) is 0 Å². The molecule has 0 saturated carbocycles. The molecule has 0 bridgehead atoms. The van der Waals surface area contributed by atoms with Crippen LogP contribution in [0, 0.1) is 0 Å². The molecule has 0 aliphatic carbocycles. The normalized spacial score (nSPS) is 15.1. The van der Waals surface area contributed by atoms with Gasteiger partial charge in [-0.1, -0.05) is 0 Å². The third kappa shape index (κ3) is 4.57. The van der Waals surface area contributed by atoms with Gasteiger partial charge < -0.3 is 5.73 Å². The molecule has 0 amide bonds. The van der Waals surface area contributed by atoms with Gasteiger partial charge in [0.1, 0.15) is 0 Å². The van der Waals surface area contributed by atoms with Crippen molar-refractivity contribution in [2.45, 2.75) is 38.6 Å². The highest BCUT2D eigenvalue weighted by Gasteiger charge is 2.05. The van der Waals surface area contributed by atoms with Crippen LogP contribution in [0.3, 0.4) is 0 Å². The van der Waals surface area contributed by atoms with Crippen LogP contribution >= 0.6 is 0 Å². The number of nitrogens with two attached hydrogens (primary N) is 1. The van der Waals surface area contributed by atoms with Crippen molar-refractivity contribution in [1.29, 1.82) is 0 Å². The van der Waals surface area contributed by atoms with Gasteiger partial charge in [0.2, 0.25) is 0 Å². The minimum atomic E-state index is -0.814. The van der Waals surface area contributed by atoms with Gasteiger partial charge in [-0.3, -0.25) is 8.89 Å². The molecule has 1 rings (SSSR count). The molecule has 5 heteroatoms. The van der Waals surface area contributed by atoms with Gasteiger partial charge in [-0.05, 0) is 20.3 Å². The van der Waals surface area contributed by atoms with Crippen LogP contribution in [0.2, 0.25) is 0 Å². The van der Waals surface area contributed by atoms with Crippen LogP contribution in [0.15, 0.2) is 12.4 Å². The molecular weight excluding hydrogens is 210 g/mol. The van der Waals surface area contributed by atoms with E-state index in [-0.39, 0.29) is 6.04 Å². The van der Waals surface area contributed by atoms with Crippen molar-refractivity contribution in [3.8, 4) is 0 Å². The second-order valence-electron chi connectivity index (χ2n) is 3.76. The number of hydrogen-bond acceptors (Lipinski definition) is 3. The summed E-state index contributed by atoms with van der Waals surface area (Å²) in [7, 11) is -0.814. The van der Waals surface area contributed by atoms with E-state index in [0.717, 1.165) is 18.5 Å². The van der Waals surface area contributed by atoms with Crippen molar-refractivity contribution in [1.82, 2.24) is 9.78 Å². The molecular formula is C10H19N3OS. The molecule has 1 heterocycles. The van der Waals surface area contributed by atoms with Gasteiger partial charge in [0, 0.05) is 40.9 Å². The monoisotopic (exact) mass is 229 g/mol. The summed E-state index contributed by atoms with van der Waals surface area (Å²) in [4.78, 5) is 0. The first-order chi connectivity index (χ1) is 7.11. The third-order valence-electron chi connectivity index (χ3n) is 2.14. The van der Waals surface area contributed by atoms with E-state index in [2.05, 4.69) is 5.10 Å². The maximum absolute atomic E-state index is 11.6. The van der Waals surface area contributed by atoms with Gasteiger partial charge in [0.15, 0.2) is 0 Å². The van der Waals surface area contributed by atoms with E-state index < -0.39 is 10.8 Å². The Morgan fingerprint density at radius 1 is 1.67 bits per heavy atom. The predicted octanol–water partition coefficient (Wildman–Crippen LogP) is 0.889. The molecule has 0 aliphatic rings. The maximum atomic E-state index is 11.6. The summed E-state index contributed by atoms with van der Waals surface area (Å²) in [6.07, 6.45) is 4.55. The zero-order valence-electron chi connectivity index (χ0n) is 9.35. The fourth-order valence-electron chi connectivity index (χ4n) is 1.23. The Labute approximate surface area is 93.3 Å². The number of aryl methyl sites for hydroxylation is 1. The minimum Gasteiger partial charge on any atom is -0.328 e. The lowest BCUT2D eigenvalue weighted by Gasteiger charge is -2.03. The van der Waals surface area contributed by atoms with Gasteiger partial charge in [-0.2, -0.15) is 5.10 Å².